The Morgan fingerprint density at radius 1 is 1.23 bits per heavy atom. The van der Waals surface area contributed by atoms with Gasteiger partial charge >= 0.3 is 0 Å². The van der Waals surface area contributed by atoms with Crippen molar-refractivity contribution in [2.75, 3.05) is 11.9 Å². The molecular weight excluding hydrogens is 415 g/mol. The highest BCUT2D eigenvalue weighted by Gasteiger charge is 2.41. The molecule has 1 fully saturated rings. The molecule has 1 aliphatic rings. The van der Waals surface area contributed by atoms with E-state index in [4.69, 9.17) is 0 Å². The predicted octanol–water partition coefficient (Wildman–Crippen LogP) is 3.94. The number of thiazole rings is 1. The van der Waals surface area contributed by atoms with Gasteiger partial charge in [-0.05, 0) is 37.1 Å². The molecule has 7 nitrogen and oxygen atoms in total. The van der Waals surface area contributed by atoms with E-state index in [1.165, 1.54) is 17.4 Å². The van der Waals surface area contributed by atoms with Gasteiger partial charge in [0, 0.05) is 35.1 Å². The molecule has 162 valence electrons. The van der Waals surface area contributed by atoms with Crippen LogP contribution in [0.5, 0.6) is 0 Å². The summed E-state index contributed by atoms with van der Waals surface area (Å²) >= 11 is 1.48. The van der Waals surface area contributed by atoms with Gasteiger partial charge in [0.15, 0.2) is 0 Å². The Morgan fingerprint density at radius 2 is 2.06 bits per heavy atom. The molecule has 0 radical (unpaired) electrons. The van der Waals surface area contributed by atoms with E-state index in [0.29, 0.717) is 30.3 Å². The minimum atomic E-state index is -0.295. The number of pyridine rings is 1. The number of amides is 1. The number of rotatable bonds is 8. The summed E-state index contributed by atoms with van der Waals surface area (Å²) in [7, 11) is 0. The number of nitrogens with one attached hydrogen (secondary N) is 2. The molecule has 0 aliphatic heterocycles. The summed E-state index contributed by atoms with van der Waals surface area (Å²) in [5, 5.41) is 15.5. The van der Waals surface area contributed by atoms with Crippen molar-refractivity contribution in [2.45, 2.75) is 45.1 Å². The maximum atomic E-state index is 14.3. The fraction of sp³-hybridized carbons (Fsp3) is 0.409. The zero-order valence-corrected chi connectivity index (χ0v) is 18.4. The number of halogens is 1. The topological polar surface area (TPSA) is 92.7 Å². The van der Waals surface area contributed by atoms with Crippen LogP contribution in [0.2, 0.25) is 0 Å². The molecule has 0 unspecified atom stereocenters. The molecule has 3 aromatic heterocycles. The minimum absolute atomic E-state index is 0.0139. The fourth-order valence-corrected chi connectivity index (χ4v) is 4.38. The van der Waals surface area contributed by atoms with Crippen LogP contribution in [0.4, 0.5) is 10.2 Å². The molecule has 2 N–H and O–H groups in total. The van der Waals surface area contributed by atoms with Crippen molar-refractivity contribution in [3.8, 4) is 10.7 Å². The van der Waals surface area contributed by atoms with Gasteiger partial charge in [0.25, 0.3) is 0 Å². The van der Waals surface area contributed by atoms with E-state index in [2.05, 4.69) is 30.8 Å². The van der Waals surface area contributed by atoms with Crippen LogP contribution in [0, 0.1) is 11.7 Å². The van der Waals surface area contributed by atoms with Gasteiger partial charge in [-0.15, -0.1) is 21.5 Å². The zero-order valence-electron chi connectivity index (χ0n) is 17.6. The van der Waals surface area contributed by atoms with Gasteiger partial charge in [-0.2, -0.15) is 0 Å². The lowest BCUT2D eigenvalue weighted by Gasteiger charge is -2.41. The number of hydrogen-bond donors (Lipinski definition) is 2. The third-order valence-electron chi connectivity index (χ3n) is 5.58. The number of carbonyl (C=O) groups excluding carboxylic acids is 1. The Balaban J connectivity index is 1.38. The van der Waals surface area contributed by atoms with Crippen LogP contribution in [0.15, 0.2) is 36.7 Å². The second-order valence-electron chi connectivity index (χ2n) is 8.13. The highest BCUT2D eigenvalue weighted by molar-refractivity contribution is 7.15. The van der Waals surface area contributed by atoms with Gasteiger partial charge < -0.3 is 10.6 Å². The maximum Gasteiger partial charge on any atom is 0.222 e. The average molecular weight is 441 g/mol. The lowest BCUT2D eigenvalue weighted by Crippen LogP contribution is -2.42. The van der Waals surface area contributed by atoms with Crippen LogP contribution < -0.4 is 10.6 Å². The molecule has 3 heterocycles. The van der Waals surface area contributed by atoms with Crippen LogP contribution in [0.25, 0.3) is 10.7 Å². The highest BCUT2D eigenvalue weighted by atomic mass is 32.1. The van der Waals surface area contributed by atoms with Gasteiger partial charge in [0.1, 0.15) is 22.3 Å². The molecular formula is C22H25FN6OS. The molecule has 0 spiro atoms. The predicted molar refractivity (Wildman–Crippen MR) is 118 cm³/mol. The molecule has 9 heteroatoms. The Kier molecular flexibility index (Phi) is 6.22. The lowest BCUT2D eigenvalue weighted by atomic mass is 9.66. The van der Waals surface area contributed by atoms with Gasteiger partial charge in [-0.25, -0.2) is 9.37 Å². The Labute approximate surface area is 184 Å². The average Bonchev–Trinajstić information content (AvgIpc) is 3.22. The van der Waals surface area contributed by atoms with Crippen LogP contribution in [0.1, 0.15) is 43.7 Å². The minimum Gasteiger partial charge on any atom is -0.368 e. The highest BCUT2D eigenvalue weighted by Crippen LogP contribution is 2.43. The fourth-order valence-electron chi connectivity index (χ4n) is 3.56. The summed E-state index contributed by atoms with van der Waals surface area (Å²) in [5.41, 5.74) is 0.903. The SMILES string of the molecule is CC(C)C(=O)NCc1cnc(-c2ccc(NCC3(c4ncccc4F)CCC3)nn2)s1. The molecule has 0 saturated heterocycles. The normalized spacial score (nSPS) is 14.8. The summed E-state index contributed by atoms with van der Waals surface area (Å²) in [6.07, 6.45) is 6.25. The largest absolute Gasteiger partial charge is 0.368 e. The smallest absolute Gasteiger partial charge is 0.222 e. The quantitative estimate of drug-likeness (QED) is 0.551. The molecule has 1 aliphatic carbocycles. The van der Waals surface area contributed by atoms with Gasteiger partial charge in [-0.1, -0.05) is 20.3 Å². The van der Waals surface area contributed by atoms with Crippen molar-refractivity contribution in [2.24, 2.45) is 5.92 Å². The monoisotopic (exact) mass is 440 g/mol. The van der Waals surface area contributed by atoms with Crippen molar-refractivity contribution < 1.29 is 9.18 Å². The Hall–Kier alpha value is -2.94. The maximum absolute atomic E-state index is 14.3. The van der Waals surface area contributed by atoms with Crippen molar-refractivity contribution >= 4 is 23.1 Å². The van der Waals surface area contributed by atoms with Gasteiger partial charge in [-0.3, -0.25) is 9.78 Å². The van der Waals surface area contributed by atoms with E-state index in [1.807, 2.05) is 26.0 Å². The molecule has 0 atom stereocenters. The van der Waals surface area contributed by atoms with Gasteiger partial charge in [0.2, 0.25) is 5.91 Å². The van der Waals surface area contributed by atoms with E-state index in [-0.39, 0.29) is 23.1 Å². The second-order valence-corrected chi connectivity index (χ2v) is 9.24. The van der Waals surface area contributed by atoms with E-state index >= 15 is 0 Å². The summed E-state index contributed by atoms with van der Waals surface area (Å²) in [4.78, 5) is 21.4. The van der Waals surface area contributed by atoms with Crippen molar-refractivity contribution in [3.63, 3.8) is 0 Å². The van der Waals surface area contributed by atoms with Crippen LogP contribution in [-0.4, -0.2) is 32.6 Å². The summed E-state index contributed by atoms with van der Waals surface area (Å²) in [6.45, 7) is 4.73. The molecule has 0 aromatic carbocycles. The molecule has 3 aromatic rings. The third-order valence-corrected chi connectivity index (χ3v) is 6.60. The second kappa shape index (κ2) is 9.05. The van der Waals surface area contributed by atoms with E-state index < -0.39 is 0 Å². The molecule has 31 heavy (non-hydrogen) atoms. The molecule has 1 saturated carbocycles. The van der Waals surface area contributed by atoms with Crippen LogP contribution in [0.3, 0.4) is 0 Å². The van der Waals surface area contributed by atoms with Crippen molar-refractivity contribution in [1.82, 2.24) is 25.5 Å². The number of carbonyl (C=O) groups is 1. The Morgan fingerprint density at radius 3 is 2.71 bits per heavy atom. The Bertz CT molecular complexity index is 1050. The molecule has 4 rings (SSSR count). The van der Waals surface area contributed by atoms with Crippen molar-refractivity contribution in [3.05, 3.63) is 53.0 Å². The molecule has 1 amide bonds. The van der Waals surface area contributed by atoms with Crippen molar-refractivity contribution in [1.29, 1.82) is 0 Å². The number of hydrogen-bond acceptors (Lipinski definition) is 7. The first kappa shape index (κ1) is 21.3. The standard InChI is InChI=1S/C22H25FN6OS/c1-14(2)20(30)25-11-15-12-26-21(31-15)17-6-7-18(29-28-17)27-13-22(8-4-9-22)19-16(23)5-3-10-24-19/h3,5-7,10,12,14H,4,8-9,11,13H2,1-2H3,(H,25,30)(H,27,29). The van der Waals surface area contributed by atoms with E-state index in [9.17, 15) is 9.18 Å². The third kappa shape index (κ3) is 4.71. The summed E-state index contributed by atoms with van der Waals surface area (Å²) in [5.74, 6) is 0.341. The first-order chi connectivity index (χ1) is 15.0. The van der Waals surface area contributed by atoms with E-state index in [1.54, 1.807) is 18.5 Å². The number of aromatic nitrogens is 4. The summed E-state index contributed by atoms with van der Waals surface area (Å²) < 4.78 is 14.3. The number of nitrogens with zero attached hydrogens (tertiary/aromatic N) is 4. The van der Waals surface area contributed by atoms with Crippen LogP contribution >= 0.6 is 11.3 Å². The molecule has 0 bridgehead atoms. The lowest BCUT2D eigenvalue weighted by molar-refractivity contribution is -0.124. The van der Waals surface area contributed by atoms with E-state index in [0.717, 1.165) is 29.1 Å². The first-order valence-electron chi connectivity index (χ1n) is 10.4. The zero-order chi connectivity index (χ0) is 21.8. The van der Waals surface area contributed by atoms with Crippen LogP contribution in [-0.2, 0) is 16.8 Å². The summed E-state index contributed by atoms with van der Waals surface area (Å²) in [6, 6.07) is 6.79. The first-order valence-corrected chi connectivity index (χ1v) is 11.2. The number of anilines is 1. The van der Waals surface area contributed by atoms with Gasteiger partial charge in [0.05, 0.1) is 12.2 Å².